The van der Waals surface area contributed by atoms with Gasteiger partial charge in [0.2, 0.25) is 0 Å². The van der Waals surface area contributed by atoms with Gasteiger partial charge in [-0.25, -0.2) is 0 Å². The van der Waals surface area contributed by atoms with Crippen LogP contribution in [-0.2, 0) is 0 Å². The molecule has 0 radical (unpaired) electrons. The first-order valence-electron chi connectivity index (χ1n) is 3.82. The Labute approximate surface area is 85.5 Å². The van der Waals surface area contributed by atoms with Crippen molar-refractivity contribution >= 4 is 29.2 Å². The van der Waals surface area contributed by atoms with E-state index in [1.54, 1.807) is 19.2 Å². The Hall–Kier alpha value is -1.62. The second-order valence-corrected chi connectivity index (χ2v) is 2.83. The first-order valence-corrected chi connectivity index (χ1v) is 4.20. The zero-order valence-corrected chi connectivity index (χ0v) is 8.15. The van der Waals surface area contributed by atoms with Crippen molar-refractivity contribution in [2.45, 2.75) is 6.92 Å². The zero-order chi connectivity index (χ0) is 10.6. The quantitative estimate of drug-likeness (QED) is 0.477. The lowest BCUT2D eigenvalue weighted by atomic mass is 10.3. The number of hydrogen-bond acceptors (Lipinski definition) is 4. The number of rotatable bonds is 3. The normalized spacial score (nSPS) is 10.4. The van der Waals surface area contributed by atoms with E-state index in [9.17, 15) is 10.1 Å². The maximum atomic E-state index is 10.5. The molecule has 0 amide bonds. The van der Waals surface area contributed by atoms with Gasteiger partial charge < -0.3 is 0 Å². The molecule has 1 N–H and O–H groups in total. The molecule has 0 spiro atoms. The number of hydrogen-bond donors (Lipinski definition) is 1. The number of halogens is 1. The summed E-state index contributed by atoms with van der Waals surface area (Å²) in [5.41, 5.74) is 3.01. The molecule has 0 aliphatic rings. The van der Waals surface area contributed by atoms with Crippen molar-refractivity contribution in [3.05, 3.63) is 33.3 Å². The van der Waals surface area contributed by atoms with E-state index in [0.717, 1.165) is 0 Å². The van der Waals surface area contributed by atoms with Gasteiger partial charge in [-0.3, -0.25) is 15.5 Å². The molecule has 14 heavy (non-hydrogen) atoms. The number of anilines is 1. The first-order chi connectivity index (χ1) is 6.65. The van der Waals surface area contributed by atoms with Crippen molar-refractivity contribution in [3.63, 3.8) is 0 Å². The Morgan fingerprint density at radius 2 is 2.36 bits per heavy atom. The Balaban J connectivity index is 3.00. The summed E-state index contributed by atoms with van der Waals surface area (Å²) >= 11 is 5.62. The third-order valence-electron chi connectivity index (χ3n) is 1.47. The van der Waals surface area contributed by atoms with Crippen LogP contribution in [0.25, 0.3) is 0 Å². The van der Waals surface area contributed by atoms with Gasteiger partial charge in [0.05, 0.1) is 10.6 Å². The highest BCUT2D eigenvalue weighted by Crippen LogP contribution is 2.27. The Kier molecular flexibility index (Phi) is 3.41. The lowest BCUT2D eigenvalue weighted by molar-refractivity contribution is -0.384. The molecule has 0 bridgehead atoms. The average Bonchev–Trinajstić information content (AvgIpc) is 2.16. The van der Waals surface area contributed by atoms with Crippen LogP contribution < -0.4 is 5.43 Å². The standard InChI is InChI=1S/C8H8ClN3O2/c1-2-10-11-6-3-4-7(9)8(5-6)12(13)14/h2-5,11H,1H3/b10-2-. The van der Waals surface area contributed by atoms with Crippen LogP contribution in [0.3, 0.4) is 0 Å². The van der Waals surface area contributed by atoms with Crippen LogP contribution in [0.1, 0.15) is 6.92 Å². The minimum Gasteiger partial charge on any atom is -0.279 e. The van der Waals surface area contributed by atoms with Gasteiger partial charge in [-0.15, -0.1) is 0 Å². The molecule has 6 heteroatoms. The van der Waals surface area contributed by atoms with E-state index in [0.29, 0.717) is 5.69 Å². The van der Waals surface area contributed by atoms with Gasteiger partial charge in [-0.05, 0) is 19.1 Å². The molecular formula is C8H8ClN3O2. The molecule has 1 aromatic rings. The maximum Gasteiger partial charge on any atom is 0.290 e. The van der Waals surface area contributed by atoms with E-state index in [1.807, 2.05) is 0 Å². The van der Waals surface area contributed by atoms with Crippen molar-refractivity contribution in [2.75, 3.05) is 5.43 Å². The van der Waals surface area contributed by atoms with Crippen LogP contribution >= 0.6 is 11.6 Å². The smallest absolute Gasteiger partial charge is 0.279 e. The van der Waals surface area contributed by atoms with E-state index in [2.05, 4.69) is 10.5 Å². The molecule has 0 unspecified atom stereocenters. The topological polar surface area (TPSA) is 67.5 Å². The van der Waals surface area contributed by atoms with Crippen molar-refractivity contribution in [3.8, 4) is 0 Å². The van der Waals surface area contributed by atoms with Gasteiger partial charge in [0.15, 0.2) is 0 Å². The fourth-order valence-corrected chi connectivity index (χ4v) is 1.05. The van der Waals surface area contributed by atoms with Gasteiger partial charge in [0, 0.05) is 12.3 Å². The molecule has 0 fully saturated rings. The number of nitrogens with zero attached hydrogens (tertiary/aromatic N) is 2. The Morgan fingerprint density at radius 3 is 2.93 bits per heavy atom. The molecule has 1 aromatic carbocycles. The fourth-order valence-electron chi connectivity index (χ4n) is 0.861. The molecule has 0 saturated heterocycles. The molecule has 0 aliphatic heterocycles. The predicted octanol–water partition coefficient (Wildman–Crippen LogP) is 2.67. The van der Waals surface area contributed by atoms with E-state index in [1.165, 1.54) is 12.1 Å². The second-order valence-electron chi connectivity index (χ2n) is 2.42. The van der Waals surface area contributed by atoms with Crippen LogP contribution in [0.5, 0.6) is 0 Å². The highest BCUT2D eigenvalue weighted by Gasteiger charge is 2.11. The van der Waals surface area contributed by atoms with Crippen LogP contribution in [0.2, 0.25) is 5.02 Å². The molecule has 5 nitrogen and oxygen atoms in total. The average molecular weight is 214 g/mol. The van der Waals surface area contributed by atoms with E-state index in [-0.39, 0.29) is 10.7 Å². The summed E-state index contributed by atoms with van der Waals surface area (Å²) in [5.74, 6) is 0. The lowest BCUT2D eigenvalue weighted by Crippen LogP contribution is -1.92. The predicted molar refractivity (Wildman–Crippen MR) is 55.9 cm³/mol. The largest absolute Gasteiger partial charge is 0.290 e. The number of nitro groups is 1. The lowest BCUT2D eigenvalue weighted by Gasteiger charge is -2.00. The molecule has 0 aromatic heterocycles. The number of nitro benzene ring substituents is 1. The number of nitrogens with one attached hydrogen (secondary N) is 1. The summed E-state index contributed by atoms with van der Waals surface area (Å²) in [4.78, 5) is 9.96. The van der Waals surface area contributed by atoms with Crippen molar-refractivity contribution in [1.82, 2.24) is 0 Å². The summed E-state index contributed by atoms with van der Waals surface area (Å²) in [6.07, 6.45) is 1.54. The van der Waals surface area contributed by atoms with Crippen molar-refractivity contribution < 1.29 is 4.92 Å². The van der Waals surface area contributed by atoms with E-state index >= 15 is 0 Å². The Bertz CT molecular complexity index is 379. The van der Waals surface area contributed by atoms with Crippen LogP contribution in [0, 0.1) is 10.1 Å². The van der Waals surface area contributed by atoms with Gasteiger partial charge >= 0.3 is 0 Å². The van der Waals surface area contributed by atoms with Crippen molar-refractivity contribution in [1.29, 1.82) is 0 Å². The molecule has 0 saturated carbocycles. The minimum absolute atomic E-state index is 0.112. The minimum atomic E-state index is -0.539. The van der Waals surface area contributed by atoms with Crippen LogP contribution in [-0.4, -0.2) is 11.1 Å². The molecule has 74 valence electrons. The van der Waals surface area contributed by atoms with Gasteiger partial charge in [-0.2, -0.15) is 5.10 Å². The first kappa shape index (κ1) is 10.5. The second kappa shape index (κ2) is 4.57. The molecule has 0 aliphatic carbocycles. The third-order valence-corrected chi connectivity index (χ3v) is 1.79. The highest BCUT2D eigenvalue weighted by atomic mass is 35.5. The van der Waals surface area contributed by atoms with Gasteiger partial charge in [0.25, 0.3) is 5.69 Å². The molecular weight excluding hydrogens is 206 g/mol. The summed E-state index contributed by atoms with van der Waals surface area (Å²) in [6, 6.07) is 4.39. The molecule has 0 atom stereocenters. The zero-order valence-electron chi connectivity index (χ0n) is 7.40. The monoisotopic (exact) mass is 213 g/mol. The number of benzene rings is 1. The molecule has 1 rings (SSSR count). The maximum absolute atomic E-state index is 10.5. The van der Waals surface area contributed by atoms with Crippen molar-refractivity contribution in [2.24, 2.45) is 5.10 Å². The summed E-state index contributed by atoms with van der Waals surface area (Å²) < 4.78 is 0. The number of hydrazone groups is 1. The summed E-state index contributed by atoms with van der Waals surface area (Å²) in [6.45, 7) is 1.73. The third kappa shape index (κ3) is 2.43. The molecule has 0 heterocycles. The highest BCUT2D eigenvalue weighted by molar-refractivity contribution is 6.32. The fraction of sp³-hybridized carbons (Fsp3) is 0.125. The SMILES string of the molecule is C/C=N\Nc1ccc(Cl)c([N+](=O)[O-])c1. The van der Waals surface area contributed by atoms with Crippen LogP contribution in [0.4, 0.5) is 11.4 Å². The Morgan fingerprint density at radius 1 is 1.64 bits per heavy atom. The van der Waals surface area contributed by atoms with Gasteiger partial charge in [0.1, 0.15) is 5.02 Å². The van der Waals surface area contributed by atoms with E-state index in [4.69, 9.17) is 11.6 Å². The van der Waals surface area contributed by atoms with E-state index < -0.39 is 4.92 Å². The summed E-state index contributed by atoms with van der Waals surface area (Å²) in [7, 11) is 0. The summed E-state index contributed by atoms with van der Waals surface area (Å²) in [5, 5.41) is 14.3. The van der Waals surface area contributed by atoms with Gasteiger partial charge in [-0.1, -0.05) is 11.6 Å². The van der Waals surface area contributed by atoms with Crippen LogP contribution in [0.15, 0.2) is 23.3 Å².